The van der Waals surface area contributed by atoms with E-state index in [9.17, 15) is 4.79 Å². The number of halogens is 1. The van der Waals surface area contributed by atoms with Crippen molar-refractivity contribution in [1.29, 1.82) is 0 Å². The molecule has 0 aliphatic carbocycles. The summed E-state index contributed by atoms with van der Waals surface area (Å²) in [6.45, 7) is 6.13. The lowest BCUT2D eigenvalue weighted by Crippen LogP contribution is -2.41. The number of carbonyl (C=O) groups excluding carboxylic acids is 1. The monoisotopic (exact) mass is 402 g/mol. The SMILES string of the molecule is CCCNC(=NCC(=O)N(C)C)NCC(C)SC.I. The normalized spacial score (nSPS) is 12.4. The molecule has 0 aliphatic heterocycles. The first-order valence-corrected chi connectivity index (χ1v) is 7.55. The Morgan fingerprint density at radius 2 is 2.00 bits per heavy atom. The molecule has 1 unspecified atom stereocenters. The van der Waals surface area contributed by atoms with Crippen LogP contribution in [0.3, 0.4) is 0 Å². The van der Waals surface area contributed by atoms with Crippen LogP contribution in [0, 0.1) is 0 Å². The van der Waals surface area contributed by atoms with Crippen LogP contribution >= 0.6 is 35.7 Å². The number of hydrogen-bond donors (Lipinski definition) is 2. The van der Waals surface area contributed by atoms with E-state index in [2.05, 4.69) is 35.7 Å². The van der Waals surface area contributed by atoms with Gasteiger partial charge in [-0.3, -0.25) is 4.79 Å². The van der Waals surface area contributed by atoms with E-state index in [0.717, 1.165) is 19.5 Å². The van der Waals surface area contributed by atoms with Crippen molar-refractivity contribution >= 4 is 47.6 Å². The fraction of sp³-hybridized carbons (Fsp3) is 0.833. The molecule has 114 valence electrons. The van der Waals surface area contributed by atoms with E-state index < -0.39 is 0 Å². The van der Waals surface area contributed by atoms with Gasteiger partial charge >= 0.3 is 0 Å². The lowest BCUT2D eigenvalue weighted by atomic mass is 10.4. The molecule has 2 N–H and O–H groups in total. The van der Waals surface area contributed by atoms with Gasteiger partial charge in [-0.25, -0.2) is 4.99 Å². The van der Waals surface area contributed by atoms with Crippen LogP contribution in [-0.4, -0.2) is 62.0 Å². The number of nitrogens with zero attached hydrogens (tertiary/aromatic N) is 2. The van der Waals surface area contributed by atoms with Crippen molar-refractivity contribution < 1.29 is 4.79 Å². The molecule has 0 aromatic rings. The molecule has 0 saturated carbocycles. The second kappa shape index (κ2) is 12.8. The maximum atomic E-state index is 11.5. The number of hydrogen-bond acceptors (Lipinski definition) is 3. The quantitative estimate of drug-likeness (QED) is 0.384. The van der Waals surface area contributed by atoms with Gasteiger partial charge in [-0.05, 0) is 12.7 Å². The van der Waals surface area contributed by atoms with Gasteiger partial charge in [-0.2, -0.15) is 11.8 Å². The Hall–Kier alpha value is -0.180. The van der Waals surface area contributed by atoms with Crippen LogP contribution in [0.5, 0.6) is 0 Å². The Balaban J connectivity index is 0. The van der Waals surface area contributed by atoms with E-state index in [4.69, 9.17) is 0 Å². The number of amides is 1. The van der Waals surface area contributed by atoms with Gasteiger partial charge in [-0.15, -0.1) is 24.0 Å². The molecule has 0 heterocycles. The van der Waals surface area contributed by atoms with Crippen LogP contribution in [-0.2, 0) is 4.79 Å². The van der Waals surface area contributed by atoms with Crippen molar-refractivity contribution in [2.75, 3.05) is 40.0 Å². The molecule has 0 aliphatic rings. The van der Waals surface area contributed by atoms with Crippen LogP contribution in [0.4, 0.5) is 0 Å². The maximum absolute atomic E-state index is 11.5. The lowest BCUT2D eigenvalue weighted by Gasteiger charge is -2.15. The molecule has 1 atom stereocenters. The Labute approximate surface area is 138 Å². The summed E-state index contributed by atoms with van der Waals surface area (Å²) in [5, 5.41) is 6.97. The highest BCUT2D eigenvalue weighted by Crippen LogP contribution is 2.02. The predicted molar refractivity (Wildman–Crippen MR) is 95.7 cm³/mol. The number of guanidine groups is 1. The third-order valence-corrected chi connectivity index (χ3v) is 3.34. The summed E-state index contributed by atoms with van der Waals surface area (Å²) in [5.41, 5.74) is 0. The Morgan fingerprint density at radius 3 is 2.47 bits per heavy atom. The largest absolute Gasteiger partial charge is 0.356 e. The van der Waals surface area contributed by atoms with Gasteiger partial charge in [0.1, 0.15) is 6.54 Å². The van der Waals surface area contributed by atoms with E-state index in [-0.39, 0.29) is 36.4 Å². The molecular weight excluding hydrogens is 375 g/mol. The molecule has 0 rings (SSSR count). The van der Waals surface area contributed by atoms with Gasteiger partial charge in [0.2, 0.25) is 5.91 Å². The maximum Gasteiger partial charge on any atom is 0.243 e. The Morgan fingerprint density at radius 1 is 1.37 bits per heavy atom. The van der Waals surface area contributed by atoms with Crippen LogP contribution in [0.1, 0.15) is 20.3 Å². The first-order chi connectivity index (χ1) is 8.51. The molecule has 5 nitrogen and oxygen atoms in total. The number of rotatable bonds is 7. The van der Waals surface area contributed by atoms with Gasteiger partial charge in [-0.1, -0.05) is 13.8 Å². The fourth-order valence-corrected chi connectivity index (χ4v) is 1.28. The Bertz CT molecular complexity index is 274. The molecule has 0 bridgehead atoms. The predicted octanol–water partition coefficient (Wildman–Crippen LogP) is 1.39. The summed E-state index contributed by atoms with van der Waals surface area (Å²) in [6, 6.07) is 0. The second-order valence-electron chi connectivity index (χ2n) is 4.31. The van der Waals surface area contributed by atoms with E-state index in [0.29, 0.717) is 11.2 Å². The summed E-state index contributed by atoms with van der Waals surface area (Å²) in [4.78, 5) is 17.3. The number of nitrogens with one attached hydrogen (secondary N) is 2. The molecule has 0 spiro atoms. The molecule has 0 radical (unpaired) electrons. The summed E-state index contributed by atoms with van der Waals surface area (Å²) < 4.78 is 0. The number of carbonyl (C=O) groups is 1. The summed E-state index contributed by atoms with van der Waals surface area (Å²) in [5.74, 6) is 0.721. The fourth-order valence-electron chi connectivity index (χ4n) is 1.03. The smallest absolute Gasteiger partial charge is 0.243 e. The van der Waals surface area contributed by atoms with Gasteiger partial charge in [0, 0.05) is 32.4 Å². The van der Waals surface area contributed by atoms with Crippen molar-refractivity contribution in [3.8, 4) is 0 Å². The zero-order valence-corrected chi connectivity index (χ0v) is 15.7. The molecule has 0 saturated heterocycles. The zero-order chi connectivity index (χ0) is 14.0. The van der Waals surface area contributed by atoms with Gasteiger partial charge < -0.3 is 15.5 Å². The second-order valence-corrected chi connectivity index (χ2v) is 5.58. The minimum absolute atomic E-state index is 0. The van der Waals surface area contributed by atoms with E-state index >= 15 is 0 Å². The van der Waals surface area contributed by atoms with Crippen LogP contribution < -0.4 is 10.6 Å². The molecule has 1 amide bonds. The Kier molecular flexibility index (Phi) is 14.3. The lowest BCUT2D eigenvalue weighted by molar-refractivity contribution is -0.127. The molecule has 7 heteroatoms. The average Bonchev–Trinajstić information content (AvgIpc) is 2.36. The highest BCUT2D eigenvalue weighted by Gasteiger charge is 2.05. The highest BCUT2D eigenvalue weighted by molar-refractivity contribution is 14.0. The first-order valence-electron chi connectivity index (χ1n) is 6.26. The van der Waals surface area contributed by atoms with Crippen molar-refractivity contribution in [2.45, 2.75) is 25.5 Å². The van der Waals surface area contributed by atoms with E-state index in [1.54, 1.807) is 30.8 Å². The molecule has 19 heavy (non-hydrogen) atoms. The van der Waals surface area contributed by atoms with Crippen LogP contribution in [0.2, 0.25) is 0 Å². The van der Waals surface area contributed by atoms with E-state index in [1.165, 1.54) is 0 Å². The van der Waals surface area contributed by atoms with E-state index in [1.807, 2.05) is 0 Å². The third-order valence-electron chi connectivity index (χ3n) is 2.37. The van der Waals surface area contributed by atoms with Crippen molar-refractivity contribution in [3.63, 3.8) is 0 Å². The first kappa shape index (κ1) is 21.1. The summed E-state index contributed by atoms with van der Waals surface area (Å²) in [6.07, 6.45) is 3.11. The van der Waals surface area contributed by atoms with Crippen molar-refractivity contribution in [3.05, 3.63) is 0 Å². The minimum atomic E-state index is 0. The highest BCUT2D eigenvalue weighted by atomic mass is 127. The van der Waals surface area contributed by atoms with Crippen molar-refractivity contribution in [2.24, 2.45) is 4.99 Å². The number of aliphatic imine (C=N–C) groups is 1. The standard InChI is InChI=1S/C12H26N4OS.HI/c1-6-7-13-12(14-8-10(2)18-5)15-9-11(17)16(3)4;/h10H,6-9H2,1-5H3,(H2,13,14,15);1H. The van der Waals surface area contributed by atoms with Crippen LogP contribution in [0.25, 0.3) is 0 Å². The zero-order valence-electron chi connectivity index (χ0n) is 12.5. The molecule has 0 aromatic heterocycles. The minimum Gasteiger partial charge on any atom is -0.356 e. The average molecular weight is 402 g/mol. The number of likely N-dealkylation sites (N-methyl/N-ethyl adjacent to an activating group) is 1. The van der Waals surface area contributed by atoms with Gasteiger partial charge in [0.25, 0.3) is 0 Å². The summed E-state index contributed by atoms with van der Waals surface area (Å²) in [7, 11) is 3.47. The topological polar surface area (TPSA) is 56.7 Å². The van der Waals surface area contributed by atoms with Gasteiger partial charge in [0.15, 0.2) is 5.96 Å². The third kappa shape index (κ3) is 11.4. The molecule has 0 fully saturated rings. The molecule has 0 aromatic carbocycles. The van der Waals surface area contributed by atoms with Crippen molar-refractivity contribution in [1.82, 2.24) is 15.5 Å². The van der Waals surface area contributed by atoms with Crippen LogP contribution in [0.15, 0.2) is 4.99 Å². The number of thioether (sulfide) groups is 1. The molecular formula is C12H27IN4OS. The summed E-state index contributed by atoms with van der Waals surface area (Å²) >= 11 is 1.80. The van der Waals surface area contributed by atoms with Gasteiger partial charge in [0.05, 0.1) is 0 Å².